The molecule has 1 aliphatic rings. The normalized spacial score (nSPS) is 15.2. The zero-order valence-corrected chi connectivity index (χ0v) is 23.0. The molecule has 0 unspecified atom stereocenters. The zero-order chi connectivity index (χ0) is 28.0. The third-order valence-corrected chi connectivity index (χ3v) is 9.07. The minimum atomic E-state index is -3.82. The number of rotatable bonds is 10. The maximum Gasteiger partial charge on any atom is 0.227 e. The van der Waals surface area contributed by atoms with E-state index in [0.29, 0.717) is 48.2 Å². The van der Waals surface area contributed by atoms with Gasteiger partial charge in [0.1, 0.15) is 11.7 Å². The average molecular weight is 549 g/mol. The van der Waals surface area contributed by atoms with Gasteiger partial charge >= 0.3 is 0 Å². The Balaban J connectivity index is 1.61. The van der Waals surface area contributed by atoms with E-state index in [1.165, 1.54) is 0 Å². The summed E-state index contributed by atoms with van der Waals surface area (Å²) >= 11 is 0. The van der Waals surface area contributed by atoms with E-state index in [2.05, 4.69) is 9.97 Å². The number of nitrogens with zero attached hydrogens (tertiary/aromatic N) is 3. The molecule has 2 aromatic carbocycles. The molecule has 39 heavy (non-hydrogen) atoms. The fourth-order valence-electron chi connectivity index (χ4n) is 5.13. The highest BCUT2D eigenvalue weighted by Gasteiger charge is 2.32. The number of benzene rings is 2. The first kappa shape index (κ1) is 28.4. The number of nitrogens with one attached hydrogen (secondary N) is 1. The molecule has 1 aliphatic heterocycles. The molecule has 0 saturated carbocycles. The molecular formula is C29H36N6O3S. The van der Waals surface area contributed by atoms with Crippen LogP contribution in [0.2, 0.25) is 0 Å². The van der Waals surface area contributed by atoms with Gasteiger partial charge in [-0.1, -0.05) is 30.3 Å². The van der Waals surface area contributed by atoms with E-state index in [1.807, 2.05) is 12.1 Å². The van der Waals surface area contributed by atoms with E-state index < -0.39 is 15.8 Å². The highest BCUT2D eigenvalue weighted by atomic mass is 32.2. The number of hydrogen-bond donors (Lipinski definition) is 3. The lowest BCUT2D eigenvalue weighted by Gasteiger charge is -2.34. The van der Waals surface area contributed by atoms with Crippen molar-refractivity contribution in [1.82, 2.24) is 14.9 Å². The molecule has 1 atom stereocenters. The summed E-state index contributed by atoms with van der Waals surface area (Å²) < 4.78 is 27.4. The Morgan fingerprint density at radius 3 is 2.56 bits per heavy atom. The maximum absolute atomic E-state index is 13.8. The topological polar surface area (TPSA) is 156 Å². The highest BCUT2D eigenvalue weighted by molar-refractivity contribution is 7.91. The molecule has 3 aromatic rings. The lowest BCUT2D eigenvalue weighted by atomic mass is 9.92. The second-order valence-electron chi connectivity index (χ2n) is 10.2. The van der Waals surface area contributed by atoms with Crippen LogP contribution >= 0.6 is 0 Å². The lowest BCUT2D eigenvalue weighted by molar-refractivity contribution is -0.136. The van der Waals surface area contributed by atoms with Crippen LogP contribution in [0.25, 0.3) is 11.3 Å². The molecule has 1 saturated heterocycles. The first-order chi connectivity index (χ1) is 18.7. The molecule has 10 heteroatoms. The summed E-state index contributed by atoms with van der Waals surface area (Å²) in [5.74, 6) is -0.276. The number of hydrogen-bond acceptors (Lipinski definition) is 7. The van der Waals surface area contributed by atoms with Crippen molar-refractivity contribution in [1.29, 1.82) is 5.41 Å². The monoisotopic (exact) mass is 548 g/mol. The van der Waals surface area contributed by atoms with Crippen LogP contribution in [0.15, 0.2) is 65.7 Å². The summed E-state index contributed by atoms with van der Waals surface area (Å²) in [6.07, 6.45) is 4.53. The summed E-state index contributed by atoms with van der Waals surface area (Å²) in [6, 6.07) is 15.5. The Hall–Kier alpha value is -3.63. The van der Waals surface area contributed by atoms with Crippen molar-refractivity contribution < 1.29 is 13.2 Å². The number of sulfone groups is 1. The fraction of sp³-hybridized carbons (Fsp3) is 0.379. The molecule has 0 radical (unpaired) electrons. The molecule has 1 aromatic heterocycles. The van der Waals surface area contributed by atoms with Crippen molar-refractivity contribution in [3.8, 4) is 11.3 Å². The van der Waals surface area contributed by atoms with Gasteiger partial charge in [0.2, 0.25) is 5.91 Å². The van der Waals surface area contributed by atoms with Gasteiger partial charge in [0.15, 0.2) is 9.84 Å². The molecule has 1 fully saturated rings. The molecule has 9 nitrogen and oxygen atoms in total. The van der Waals surface area contributed by atoms with Crippen molar-refractivity contribution in [3.05, 3.63) is 77.7 Å². The van der Waals surface area contributed by atoms with Gasteiger partial charge in [-0.15, -0.1) is 0 Å². The number of piperidine rings is 1. The van der Waals surface area contributed by atoms with Gasteiger partial charge in [-0.25, -0.2) is 18.4 Å². The first-order valence-corrected chi connectivity index (χ1v) is 14.9. The van der Waals surface area contributed by atoms with Gasteiger partial charge < -0.3 is 16.4 Å². The van der Waals surface area contributed by atoms with Crippen LogP contribution in [-0.4, -0.2) is 60.4 Å². The number of carbonyl (C=O) groups excluding carboxylic acids is 1. The summed E-state index contributed by atoms with van der Waals surface area (Å²) in [7, 11) is -3.82. The Morgan fingerprint density at radius 1 is 1.13 bits per heavy atom. The number of aryl methyl sites for hydroxylation is 1. The van der Waals surface area contributed by atoms with Crippen LogP contribution < -0.4 is 11.5 Å². The van der Waals surface area contributed by atoms with Crippen LogP contribution in [0.5, 0.6) is 0 Å². The van der Waals surface area contributed by atoms with Crippen molar-refractivity contribution in [2.75, 3.05) is 25.4 Å². The second kappa shape index (κ2) is 12.5. The van der Waals surface area contributed by atoms with Crippen molar-refractivity contribution in [2.45, 2.75) is 37.5 Å². The van der Waals surface area contributed by atoms with E-state index in [4.69, 9.17) is 16.9 Å². The van der Waals surface area contributed by atoms with E-state index in [1.54, 1.807) is 60.5 Å². The van der Waals surface area contributed by atoms with Crippen molar-refractivity contribution in [3.63, 3.8) is 0 Å². The van der Waals surface area contributed by atoms with Crippen molar-refractivity contribution >= 4 is 21.6 Å². The van der Waals surface area contributed by atoms with Crippen LogP contribution in [0.3, 0.4) is 0 Å². The van der Waals surface area contributed by atoms with E-state index >= 15 is 0 Å². The maximum atomic E-state index is 13.8. The first-order valence-electron chi connectivity index (χ1n) is 13.2. The van der Waals surface area contributed by atoms with Crippen LogP contribution in [-0.2, 0) is 21.1 Å². The van der Waals surface area contributed by atoms with E-state index in [0.717, 1.165) is 24.8 Å². The van der Waals surface area contributed by atoms with Crippen LogP contribution in [0.4, 0.5) is 0 Å². The molecule has 0 aliphatic carbocycles. The lowest BCUT2D eigenvalue weighted by Crippen LogP contribution is -2.44. The third-order valence-electron chi connectivity index (χ3n) is 7.26. The summed E-state index contributed by atoms with van der Waals surface area (Å²) in [6.45, 7) is 3.59. The van der Waals surface area contributed by atoms with Gasteiger partial charge in [-0.05, 0) is 74.9 Å². The number of nitrogen functional groups attached to an aromatic ring is 1. The van der Waals surface area contributed by atoms with Crippen LogP contribution in [0.1, 0.15) is 36.2 Å². The van der Waals surface area contributed by atoms with Crippen molar-refractivity contribution in [2.24, 2.45) is 23.3 Å². The highest BCUT2D eigenvalue weighted by Crippen LogP contribution is 2.26. The SMILES string of the molecule is Cc1nccc(-c2cccc(S(=O)(=O)C[C@@H](Cc3cccc(C(=N)N)c3)C(=O)N3CCC(CCN)CC3)c2)n1. The zero-order valence-electron chi connectivity index (χ0n) is 22.2. The van der Waals surface area contributed by atoms with Gasteiger partial charge in [-0.2, -0.15) is 0 Å². The molecular weight excluding hydrogens is 512 g/mol. The summed E-state index contributed by atoms with van der Waals surface area (Å²) in [4.78, 5) is 24.2. The quantitative estimate of drug-likeness (QED) is 0.260. The minimum Gasteiger partial charge on any atom is -0.384 e. The predicted molar refractivity (Wildman–Crippen MR) is 152 cm³/mol. The fourth-order valence-corrected chi connectivity index (χ4v) is 6.71. The van der Waals surface area contributed by atoms with Crippen LogP contribution in [0, 0.1) is 24.2 Å². The Bertz CT molecular complexity index is 1430. The molecule has 5 N–H and O–H groups in total. The van der Waals surface area contributed by atoms with Gasteiger partial charge in [-0.3, -0.25) is 10.2 Å². The standard InChI is InChI=1S/C29H36N6O3S/c1-20-33-13-9-27(34-20)23-5-3-7-26(18-23)39(37,38)19-25(17-22-4-2-6-24(16-22)28(31)32)29(36)35-14-10-21(8-12-30)11-15-35/h2-7,9,13,16,18,21,25H,8,10-12,14-15,17,19,30H2,1H3,(H3,31,32)/t25-/m1/s1. The summed E-state index contributed by atoms with van der Waals surface area (Å²) in [5.41, 5.74) is 14.0. The minimum absolute atomic E-state index is 0.0777. The van der Waals surface area contributed by atoms with Gasteiger partial charge in [0, 0.05) is 30.4 Å². The molecule has 0 spiro atoms. The van der Waals surface area contributed by atoms with Gasteiger partial charge in [0.05, 0.1) is 22.3 Å². The number of amides is 1. The Morgan fingerprint density at radius 2 is 1.87 bits per heavy atom. The smallest absolute Gasteiger partial charge is 0.227 e. The summed E-state index contributed by atoms with van der Waals surface area (Å²) in [5, 5.41) is 7.76. The number of likely N-dealkylation sites (tertiary alicyclic amines) is 1. The van der Waals surface area contributed by atoms with E-state index in [9.17, 15) is 13.2 Å². The number of aromatic nitrogens is 2. The van der Waals surface area contributed by atoms with E-state index in [-0.39, 0.29) is 28.8 Å². The Kier molecular flexibility index (Phi) is 9.08. The Labute approximate surface area is 230 Å². The second-order valence-corrected chi connectivity index (χ2v) is 12.2. The molecule has 206 valence electrons. The predicted octanol–water partition coefficient (Wildman–Crippen LogP) is 2.96. The molecule has 0 bridgehead atoms. The average Bonchev–Trinajstić information content (AvgIpc) is 2.93. The van der Waals surface area contributed by atoms with Gasteiger partial charge in [0.25, 0.3) is 0 Å². The molecule has 1 amide bonds. The number of carbonyl (C=O) groups is 1. The number of amidine groups is 1. The number of nitrogens with two attached hydrogens (primary N) is 2. The third kappa shape index (κ3) is 7.27. The molecule has 4 rings (SSSR count). The largest absolute Gasteiger partial charge is 0.384 e. The molecule has 2 heterocycles.